The molecule has 0 bridgehead atoms. The van der Waals surface area contributed by atoms with Gasteiger partial charge < -0.3 is 14.0 Å². The molecule has 5 heteroatoms. The molecule has 0 spiro atoms. The molecule has 1 aromatic heterocycles. The number of methoxy groups -OCH3 is 2. The summed E-state index contributed by atoms with van der Waals surface area (Å²) in [5.41, 5.74) is 5.78. The summed E-state index contributed by atoms with van der Waals surface area (Å²) in [6.07, 6.45) is 7.33. The predicted octanol–water partition coefficient (Wildman–Crippen LogP) is 4.87. The predicted molar refractivity (Wildman–Crippen MR) is 119 cm³/mol. The molecule has 0 unspecified atom stereocenters. The lowest BCUT2D eigenvalue weighted by molar-refractivity contribution is 0.0920. The molecule has 2 aliphatic rings. The fraction of sp³-hybridized carbons (Fsp3) is 0.560. The Hall–Kier alpha value is -2.27. The van der Waals surface area contributed by atoms with Crippen LogP contribution in [0.1, 0.15) is 71.0 Å². The molecule has 162 valence electrons. The topological polar surface area (TPSA) is 43.7 Å². The van der Waals surface area contributed by atoms with Crippen molar-refractivity contribution in [2.45, 2.75) is 65.0 Å². The Bertz CT molecular complexity index is 925. The molecule has 5 nitrogen and oxygen atoms in total. The van der Waals surface area contributed by atoms with E-state index in [4.69, 9.17) is 9.47 Å². The van der Waals surface area contributed by atoms with E-state index >= 15 is 0 Å². The van der Waals surface area contributed by atoms with Crippen LogP contribution in [0.25, 0.3) is 0 Å². The second-order valence-corrected chi connectivity index (χ2v) is 8.81. The number of nitrogens with zero attached hydrogens (tertiary/aromatic N) is 2. The van der Waals surface area contributed by atoms with Crippen LogP contribution in [-0.4, -0.2) is 42.6 Å². The van der Waals surface area contributed by atoms with Gasteiger partial charge in [0, 0.05) is 36.1 Å². The van der Waals surface area contributed by atoms with Gasteiger partial charge in [-0.15, -0.1) is 0 Å². The Labute approximate surface area is 180 Å². The van der Waals surface area contributed by atoms with Gasteiger partial charge in [-0.05, 0) is 62.4 Å². The smallest absolute Gasteiger partial charge is 0.178 e. The van der Waals surface area contributed by atoms with Crippen molar-refractivity contribution in [2.75, 3.05) is 27.3 Å². The summed E-state index contributed by atoms with van der Waals surface area (Å²) in [6, 6.07) is 6.80. The summed E-state index contributed by atoms with van der Waals surface area (Å²) in [4.78, 5) is 15.5. The van der Waals surface area contributed by atoms with Crippen molar-refractivity contribution in [1.29, 1.82) is 0 Å². The third-order valence-electron chi connectivity index (χ3n) is 6.89. The van der Waals surface area contributed by atoms with E-state index in [0.29, 0.717) is 12.6 Å². The molecule has 1 saturated carbocycles. The second-order valence-electron chi connectivity index (χ2n) is 8.81. The molecule has 2 aromatic rings. The Balaban J connectivity index is 1.49. The first-order valence-corrected chi connectivity index (χ1v) is 11.2. The van der Waals surface area contributed by atoms with Crippen molar-refractivity contribution < 1.29 is 14.3 Å². The third kappa shape index (κ3) is 4.00. The number of ketones is 1. The molecule has 30 heavy (non-hydrogen) atoms. The van der Waals surface area contributed by atoms with E-state index in [9.17, 15) is 4.79 Å². The second kappa shape index (κ2) is 8.84. The molecule has 0 atom stereocenters. The average molecular weight is 411 g/mol. The standard InChI is InChI=1S/C25H34N2O3/c1-17-12-22(18(2)27(17)21-8-6-5-7-9-21)23(28)16-26-11-10-19-13-24(29-3)25(30-4)14-20(19)15-26/h12-14,21H,5-11,15-16H2,1-4H3. The van der Waals surface area contributed by atoms with Crippen molar-refractivity contribution >= 4 is 5.78 Å². The maximum absolute atomic E-state index is 13.2. The highest BCUT2D eigenvalue weighted by molar-refractivity contribution is 5.99. The Kier molecular flexibility index (Phi) is 6.19. The van der Waals surface area contributed by atoms with Crippen molar-refractivity contribution in [3.63, 3.8) is 0 Å². The fourth-order valence-corrected chi connectivity index (χ4v) is 5.33. The first-order valence-electron chi connectivity index (χ1n) is 11.2. The summed E-state index contributed by atoms with van der Waals surface area (Å²) in [5, 5.41) is 0. The van der Waals surface area contributed by atoms with Gasteiger partial charge in [0.05, 0.1) is 20.8 Å². The SMILES string of the molecule is COc1cc2c(cc1OC)CN(CC(=O)c1cc(C)n(C3CCCCC3)c1C)CC2. The van der Waals surface area contributed by atoms with Gasteiger partial charge in [-0.1, -0.05) is 19.3 Å². The highest BCUT2D eigenvalue weighted by Crippen LogP contribution is 2.34. The molecule has 2 heterocycles. The molecule has 0 N–H and O–H groups in total. The van der Waals surface area contributed by atoms with Crippen LogP contribution in [-0.2, 0) is 13.0 Å². The molecule has 0 amide bonds. The van der Waals surface area contributed by atoms with Gasteiger partial charge in [0.25, 0.3) is 0 Å². The number of rotatable bonds is 6. The number of hydrogen-bond acceptors (Lipinski definition) is 4. The van der Waals surface area contributed by atoms with Gasteiger partial charge in [0.1, 0.15) is 0 Å². The van der Waals surface area contributed by atoms with E-state index in [0.717, 1.165) is 42.3 Å². The van der Waals surface area contributed by atoms with Gasteiger partial charge in [-0.2, -0.15) is 0 Å². The maximum atomic E-state index is 13.2. The minimum atomic E-state index is 0.231. The van der Waals surface area contributed by atoms with Crippen LogP contribution < -0.4 is 9.47 Å². The number of aromatic nitrogens is 1. The minimum Gasteiger partial charge on any atom is -0.493 e. The van der Waals surface area contributed by atoms with Gasteiger partial charge in [0.15, 0.2) is 17.3 Å². The largest absolute Gasteiger partial charge is 0.493 e. The summed E-state index contributed by atoms with van der Waals surface area (Å²) in [5.74, 6) is 1.76. The number of ether oxygens (including phenoxy) is 2. The lowest BCUT2D eigenvalue weighted by Gasteiger charge is -2.29. The monoisotopic (exact) mass is 410 g/mol. The maximum Gasteiger partial charge on any atom is 0.178 e. The minimum absolute atomic E-state index is 0.231. The molecule has 1 fully saturated rings. The van der Waals surface area contributed by atoms with Crippen molar-refractivity contribution in [3.05, 3.63) is 46.3 Å². The van der Waals surface area contributed by atoms with Crippen LogP contribution in [0.4, 0.5) is 0 Å². The highest BCUT2D eigenvalue weighted by atomic mass is 16.5. The van der Waals surface area contributed by atoms with E-state index in [2.05, 4.69) is 41.5 Å². The molecule has 0 radical (unpaired) electrons. The van der Waals surface area contributed by atoms with Gasteiger partial charge in [0.2, 0.25) is 0 Å². The van der Waals surface area contributed by atoms with Crippen LogP contribution in [0.3, 0.4) is 0 Å². The van der Waals surface area contributed by atoms with E-state index in [1.807, 2.05) is 0 Å². The van der Waals surface area contributed by atoms with E-state index in [1.54, 1.807) is 14.2 Å². The van der Waals surface area contributed by atoms with Crippen molar-refractivity contribution in [1.82, 2.24) is 9.47 Å². The van der Waals surface area contributed by atoms with Crippen molar-refractivity contribution in [3.8, 4) is 11.5 Å². The van der Waals surface area contributed by atoms with Crippen LogP contribution >= 0.6 is 0 Å². The molecule has 4 rings (SSSR count). The lowest BCUT2D eigenvalue weighted by atomic mass is 9.95. The van der Waals surface area contributed by atoms with Gasteiger partial charge in [-0.3, -0.25) is 9.69 Å². The Morgan fingerprint density at radius 2 is 1.67 bits per heavy atom. The molecule has 0 saturated heterocycles. The van der Waals surface area contributed by atoms with Crippen LogP contribution in [0, 0.1) is 13.8 Å². The summed E-state index contributed by atoms with van der Waals surface area (Å²) in [6.45, 7) is 6.38. The number of hydrogen-bond donors (Lipinski definition) is 0. The zero-order valence-corrected chi connectivity index (χ0v) is 18.8. The van der Waals surface area contributed by atoms with Crippen LogP contribution in [0.2, 0.25) is 0 Å². The molecule has 1 aliphatic carbocycles. The summed E-state index contributed by atoms with van der Waals surface area (Å²) >= 11 is 0. The number of fused-ring (bicyclic) bond motifs is 1. The Morgan fingerprint density at radius 1 is 1.00 bits per heavy atom. The quantitative estimate of drug-likeness (QED) is 0.638. The normalized spacial score (nSPS) is 17.6. The molecular weight excluding hydrogens is 376 g/mol. The highest BCUT2D eigenvalue weighted by Gasteiger charge is 2.25. The summed E-state index contributed by atoms with van der Waals surface area (Å²) in [7, 11) is 3.33. The number of aryl methyl sites for hydroxylation is 1. The van der Waals surface area contributed by atoms with E-state index < -0.39 is 0 Å². The zero-order chi connectivity index (χ0) is 21.3. The van der Waals surface area contributed by atoms with Crippen LogP contribution in [0.15, 0.2) is 18.2 Å². The Morgan fingerprint density at radius 3 is 2.33 bits per heavy atom. The number of benzene rings is 1. The van der Waals surface area contributed by atoms with Gasteiger partial charge in [-0.25, -0.2) is 0 Å². The number of carbonyl (C=O) groups is 1. The number of Topliss-reactive ketones (excluding diaryl/α,β-unsaturated/α-hetero) is 1. The first-order chi connectivity index (χ1) is 14.5. The van der Waals surface area contributed by atoms with Gasteiger partial charge >= 0.3 is 0 Å². The average Bonchev–Trinajstić information content (AvgIpc) is 3.07. The third-order valence-corrected chi connectivity index (χ3v) is 6.89. The molecule has 1 aromatic carbocycles. The first kappa shape index (κ1) is 21.0. The van der Waals surface area contributed by atoms with E-state index in [-0.39, 0.29) is 5.78 Å². The number of carbonyl (C=O) groups excluding carboxylic acids is 1. The van der Waals surface area contributed by atoms with E-state index in [1.165, 1.54) is 48.9 Å². The lowest BCUT2D eigenvalue weighted by Crippen LogP contribution is -2.35. The summed E-state index contributed by atoms with van der Waals surface area (Å²) < 4.78 is 13.3. The van der Waals surface area contributed by atoms with Crippen molar-refractivity contribution in [2.24, 2.45) is 0 Å². The fourth-order valence-electron chi connectivity index (χ4n) is 5.33. The molecular formula is C25H34N2O3. The van der Waals surface area contributed by atoms with Crippen LogP contribution in [0.5, 0.6) is 11.5 Å². The zero-order valence-electron chi connectivity index (χ0n) is 18.8. The molecule has 1 aliphatic heterocycles.